The quantitative estimate of drug-likeness (QED) is 0.469. The van der Waals surface area contributed by atoms with E-state index in [1.54, 1.807) is 24.3 Å². The topological polar surface area (TPSA) is 117 Å². The second-order valence-corrected chi connectivity index (χ2v) is 8.48. The van der Waals surface area contributed by atoms with Crippen molar-refractivity contribution in [3.8, 4) is 11.3 Å². The number of H-pyrrole nitrogens is 1. The first-order valence-electron chi connectivity index (χ1n) is 10.2. The fourth-order valence-electron chi connectivity index (χ4n) is 3.10. The summed E-state index contributed by atoms with van der Waals surface area (Å²) in [6, 6.07) is 12.6. The van der Waals surface area contributed by atoms with Gasteiger partial charge < -0.3 is 10.6 Å². The lowest BCUT2D eigenvalue weighted by Gasteiger charge is -2.16. The number of hydrogen-bond acceptors (Lipinski definition) is 6. The molecular formula is C23H25N5O3S. The number of anilines is 2. The van der Waals surface area contributed by atoms with Crippen molar-refractivity contribution in [3.05, 3.63) is 63.9 Å². The summed E-state index contributed by atoms with van der Waals surface area (Å²) in [6.07, 6.45) is 0.540. The lowest BCUT2D eigenvalue weighted by Crippen LogP contribution is -2.26. The van der Waals surface area contributed by atoms with Crippen LogP contribution in [0.15, 0.2) is 52.4 Å². The number of rotatable bonds is 7. The van der Waals surface area contributed by atoms with Gasteiger partial charge in [0.1, 0.15) is 0 Å². The molecule has 32 heavy (non-hydrogen) atoms. The molecule has 0 aliphatic rings. The molecule has 0 aliphatic carbocycles. The van der Waals surface area contributed by atoms with Crippen molar-refractivity contribution >= 4 is 35.0 Å². The van der Waals surface area contributed by atoms with Crippen LogP contribution in [0.3, 0.4) is 0 Å². The second kappa shape index (κ2) is 10.2. The molecule has 0 bridgehead atoms. The van der Waals surface area contributed by atoms with Gasteiger partial charge in [-0.25, -0.2) is 0 Å². The monoisotopic (exact) mass is 451 g/mol. The number of carbonyl (C=O) groups is 2. The predicted molar refractivity (Wildman–Crippen MR) is 127 cm³/mol. The average molecular weight is 452 g/mol. The highest BCUT2D eigenvalue weighted by Crippen LogP contribution is 2.26. The number of benzene rings is 2. The van der Waals surface area contributed by atoms with Crippen LogP contribution in [-0.4, -0.2) is 32.2 Å². The van der Waals surface area contributed by atoms with E-state index in [1.807, 2.05) is 39.0 Å². The maximum Gasteiger partial charge on any atom is 0.278 e. The second-order valence-electron chi connectivity index (χ2n) is 7.29. The van der Waals surface area contributed by atoms with Crippen LogP contribution in [-0.2, 0) is 9.59 Å². The highest BCUT2D eigenvalue weighted by Gasteiger charge is 2.21. The Morgan fingerprint density at radius 3 is 2.44 bits per heavy atom. The van der Waals surface area contributed by atoms with Gasteiger partial charge in [-0.3, -0.25) is 19.4 Å². The first-order valence-corrected chi connectivity index (χ1v) is 11.1. The van der Waals surface area contributed by atoms with Crippen molar-refractivity contribution in [2.24, 2.45) is 0 Å². The minimum Gasteiger partial charge on any atom is -0.326 e. The Balaban J connectivity index is 1.80. The smallest absolute Gasteiger partial charge is 0.278 e. The first kappa shape index (κ1) is 23.2. The molecule has 1 aromatic heterocycles. The molecule has 1 unspecified atom stereocenters. The standard InChI is InChI=1S/C23H25N5O3S/c1-5-19(21(30)25-17-12-8-9-13(2)14(17)3)32-23-26-22(31)20(27-28-23)16-10-6-7-11-18(16)24-15(4)29/h6-12,19H,5H2,1-4H3,(H,24,29)(H,25,30)(H,26,28,31). The Morgan fingerprint density at radius 2 is 1.75 bits per heavy atom. The molecule has 3 aromatic rings. The Labute approximate surface area is 190 Å². The van der Waals surface area contributed by atoms with E-state index >= 15 is 0 Å². The van der Waals surface area contributed by atoms with Crippen LogP contribution in [0.4, 0.5) is 11.4 Å². The van der Waals surface area contributed by atoms with E-state index in [0.717, 1.165) is 28.6 Å². The minimum atomic E-state index is -0.461. The molecule has 1 atom stereocenters. The zero-order valence-electron chi connectivity index (χ0n) is 18.4. The molecule has 0 radical (unpaired) electrons. The summed E-state index contributed by atoms with van der Waals surface area (Å²) in [4.78, 5) is 39.7. The Kier molecular flexibility index (Phi) is 7.42. The van der Waals surface area contributed by atoms with Crippen LogP contribution in [0.5, 0.6) is 0 Å². The average Bonchev–Trinajstić information content (AvgIpc) is 2.75. The van der Waals surface area contributed by atoms with Crippen LogP contribution in [0.1, 0.15) is 31.4 Å². The normalized spacial score (nSPS) is 11.6. The summed E-state index contributed by atoms with van der Waals surface area (Å²) in [7, 11) is 0. The fourth-order valence-corrected chi connectivity index (χ4v) is 3.94. The van der Waals surface area contributed by atoms with E-state index in [-0.39, 0.29) is 22.7 Å². The van der Waals surface area contributed by atoms with Gasteiger partial charge in [0.05, 0.1) is 10.9 Å². The highest BCUT2D eigenvalue weighted by atomic mass is 32.2. The van der Waals surface area contributed by atoms with Crippen LogP contribution >= 0.6 is 11.8 Å². The number of hydrogen-bond donors (Lipinski definition) is 3. The van der Waals surface area contributed by atoms with E-state index in [2.05, 4.69) is 25.8 Å². The summed E-state index contributed by atoms with van der Waals surface area (Å²) in [5.74, 6) is -0.427. The van der Waals surface area contributed by atoms with E-state index < -0.39 is 10.8 Å². The van der Waals surface area contributed by atoms with Gasteiger partial charge in [-0.05, 0) is 43.5 Å². The molecule has 2 amide bonds. The molecule has 0 aliphatic heterocycles. The SMILES string of the molecule is CCC(Sc1nnc(-c2ccccc2NC(C)=O)c(=O)[nH]1)C(=O)Nc1cccc(C)c1C. The Hall–Kier alpha value is -3.46. The van der Waals surface area contributed by atoms with E-state index in [4.69, 9.17) is 0 Å². The molecule has 0 spiro atoms. The van der Waals surface area contributed by atoms with Crippen molar-refractivity contribution in [1.82, 2.24) is 15.2 Å². The molecule has 1 heterocycles. The van der Waals surface area contributed by atoms with Crippen molar-refractivity contribution in [1.29, 1.82) is 0 Å². The van der Waals surface area contributed by atoms with Crippen molar-refractivity contribution in [2.75, 3.05) is 10.6 Å². The number of carbonyl (C=O) groups excluding carboxylic acids is 2. The number of thioether (sulfide) groups is 1. The zero-order chi connectivity index (χ0) is 23.3. The number of amides is 2. The number of aryl methyl sites for hydroxylation is 1. The van der Waals surface area contributed by atoms with Crippen LogP contribution < -0.4 is 16.2 Å². The molecule has 2 aromatic carbocycles. The third kappa shape index (κ3) is 5.42. The van der Waals surface area contributed by atoms with E-state index in [9.17, 15) is 14.4 Å². The van der Waals surface area contributed by atoms with Gasteiger partial charge in [0.15, 0.2) is 10.9 Å². The molecule has 166 valence electrons. The Bertz CT molecular complexity index is 1210. The number of para-hydroxylation sites is 1. The van der Waals surface area contributed by atoms with Crippen LogP contribution in [0, 0.1) is 13.8 Å². The van der Waals surface area contributed by atoms with E-state index in [0.29, 0.717) is 17.7 Å². The molecule has 0 fully saturated rings. The summed E-state index contributed by atoms with van der Waals surface area (Å²) in [5.41, 5.74) is 3.44. The molecule has 9 heteroatoms. The molecule has 8 nitrogen and oxygen atoms in total. The number of nitrogens with one attached hydrogen (secondary N) is 3. The maximum absolute atomic E-state index is 12.8. The Morgan fingerprint density at radius 1 is 1.03 bits per heavy atom. The first-order chi connectivity index (χ1) is 15.3. The molecule has 3 rings (SSSR count). The number of aromatic nitrogens is 3. The van der Waals surface area contributed by atoms with Gasteiger partial charge in [0, 0.05) is 18.2 Å². The third-order valence-electron chi connectivity index (χ3n) is 4.95. The van der Waals surface area contributed by atoms with E-state index in [1.165, 1.54) is 6.92 Å². The highest BCUT2D eigenvalue weighted by molar-refractivity contribution is 8.00. The number of aromatic amines is 1. The van der Waals surface area contributed by atoms with Crippen LogP contribution in [0.2, 0.25) is 0 Å². The fraction of sp³-hybridized carbons (Fsp3) is 0.261. The van der Waals surface area contributed by atoms with Gasteiger partial charge in [-0.2, -0.15) is 0 Å². The molecular weight excluding hydrogens is 426 g/mol. The van der Waals surface area contributed by atoms with Gasteiger partial charge >= 0.3 is 0 Å². The summed E-state index contributed by atoms with van der Waals surface area (Å²) < 4.78 is 0. The van der Waals surface area contributed by atoms with Crippen molar-refractivity contribution < 1.29 is 9.59 Å². The van der Waals surface area contributed by atoms with Crippen molar-refractivity contribution in [3.63, 3.8) is 0 Å². The predicted octanol–water partition coefficient (Wildman–Crippen LogP) is 3.92. The summed E-state index contributed by atoms with van der Waals surface area (Å²) in [5, 5.41) is 13.6. The maximum atomic E-state index is 12.8. The van der Waals surface area contributed by atoms with Gasteiger partial charge in [-0.1, -0.05) is 49.0 Å². The zero-order valence-corrected chi connectivity index (χ0v) is 19.2. The van der Waals surface area contributed by atoms with Gasteiger partial charge in [0.25, 0.3) is 5.56 Å². The molecule has 3 N–H and O–H groups in total. The summed E-state index contributed by atoms with van der Waals surface area (Å²) in [6.45, 7) is 7.23. The van der Waals surface area contributed by atoms with Gasteiger partial charge in [0.2, 0.25) is 11.8 Å². The minimum absolute atomic E-state index is 0.0894. The van der Waals surface area contributed by atoms with Crippen LogP contribution in [0.25, 0.3) is 11.3 Å². The molecule has 0 saturated heterocycles. The molecule has 0 saturated carbocycles. The largest absolute Gasteiger partial charge is 0.326 e. The van der Waals surface area contributed by atoms with Gasteiger partial charge in [-0.15, -0.1) is 10.2 Å². The lowest BCUT2D eigenvalue weighted by atomic mass is 10.1. The lowest BCUT2D eigenvalue weighted by molar-refractivity contribution is -0.116. The third-order valence-corrected chi connectivity index (χ3v) is 6.19. The summed E-state index contributed by atoms with van der Waals surface area (Å²) >= 11 is 1.15. The van der Waals surface area contributed by atoms with Crippen molar-refractivity contribution in [2.45, 2.75) is 44.5 Å². The number of nitrogens with zero attached hydrogens (tertiary/aromatic N) is 2.